The molecule has 18 heavy (non-hydrogen) atoms. The number of ether oxygens (including phenoxy) is 1. The molecule has 104 valence electrons. The molecule has 0 aromatic heterocycles. The molecule has 1 fully saturated rings. The Morgan fingerprint density at radius 1 is 1.28 bits per heavy atom. The van der Waals surface area contributed by atoms with Gasteiger partial charge in [0.15, 0.2) is 0 Å². The molecule has 5 nitrogen and oxygen atoms in total. The van der Waals surface area contributed by atoms with Gasteiger partial charge in [0.05, 0.1) is 5.41 Å². The third kappa shape index (κ3) is 3.45. The second-order valence-corrected chi connectivity index (χ2v) is 4.87. The monoisotopic (exact) mass is 257 g/mol. The van der Waals surface area contributed by atoms with Crippen LogP contribution in [0.5, 0.6) is 0 Å². The van der Waals surface area contributed by atoms with E-state index in [0.717, 1.165) is 12.8 Å². The number of hydrogen-bond acceptors (Lipinski definition) is 3. The van der Waals surface area contributed by atoms with Gasteiger partial charge in [-0.2, -0.15) is 0 Å². The fraction of sp³-hybridized carbons (Fsp3) is 0.846. The topological polar surface area (TPSA) is 66.8 Å². The zero-order valence-corrected chi connectivity index (χ0v) is 11.3. The molecule has 0 aliphatic carbocycles. The van der Waals surface area contributed by atoms with Gasteiger partial charge in [0.1, 0.15) is 6.54 Å². The number of nitrogens with zero attached hydrogens (tertiary/aromatic N) is 1. The molecule has 1 aliphatic rings. The minimum atomic E-state index is -0.949. The lowest BCUT2D eigenvalue weighted by Gasteiger charge is -2.38. The normalized spacial score (nSPS) is 18.3. The zero-order chi connectivity index (χ0) is 13.6. The van der Waals surface area contributed by atoms with E-state index in [1.54, 1.807) is 0 Å². The average molecular weight is 257 g/mol. The Hall–Kier alpha value is -1.10. The fourth-order valence-electron chi connectivity index (χ4n) is 2.50. The van der Waals surface area contributed by atoms with Gasteiger partial charge in [-0.05, 0) is 25.7 Å². The maximum Gasteiger partial charge on any atom is 0.323 e. The van der Waals surface area contributed by atoms with Crippen LogP contribution in [0.25, 0.3) is 0 Å². The van der Waals surface area contributed by atoms with Crippen molar-refractivity contribution >= 4 is 11.9 Å². The number of amides is 1. The van der Waals surface area contributed by atoms with E-state index in [4.69, 9.17) is 9.84 Å². The first-order chi connectivity index (χ1) is 8.55. The van der Waals surface area contributed by atoms with Crippen LogP contribution in [0, 0.1) is 5.41 Å². The van der Waals surface area contributed by atoms with E-state index in [-0.39, 0.29) is 12.5 Å². The lowest BCUT2D eigenvalue weighted by Crippen LogP contribution is -2.48. The molecule has 1 heterocycles. The summed E-state index contributed by atoms with van der Waals surface area (Å²) >= 11 is 0. The SMILES string of the molecule is CCCN(CC(=O)O)C(=O)C1(CC)CCOCC1. The van der Waals surface area contributed by atoms with Crippen molar-refractivity contribution in [1.29, 1.82) is 0 Å². The van der Waals surface area contributed by atoms with Gasteiger partial charge in [-0.1, -0.05) is 13.8 Å². The smallest absolute Gasteiger partial charge is 0.323 e. The van der Waals surface area contributed by atoms with Crippen LogP contribution < -0.4 is 0 Å². The molecule has 1 rings (SSSR count). The molecule has 0 aromatic carbocycles. The molecule has 1 amide bonds. The van der Waals surface area contributed by atoms with Gasteiger partial charge >= 0.3 is 5.97 Å². The van der Waals surface area contributed by atoms with Crippen molar-refractivity contribution < 1.29 is 19.4 Å². The van der Waals surface area contributed by atoms with Crippen LogP contribution in [0.15, 0.2) is 0 Å². The van der Waals surface area contributed by atoms with Gasteiger partial charge in [0.25, 0.3) is 0 Å². The van der Waals surface area contributed by atoms with E-state index in [0.29, 0.717) is 32.6 Å². The van der Waals surface area contributed by atoms with E-state index in [9.17, 15) is 9.59 Å². The minimum absolute atomic E-state index is 0.0162. The van der Waals surface area contributed by atoms with Crippen molar-refractivity contribution in [2.45, 2.75) is 39.5 Å². The molecule has 0 spiro atoms. The highest BCUT2D eigenvalue weighted by molar-refractivity contribution is 5.86. The Bertz CT molecular complexity index is 297. The molecule has 0 atom stereocenters. The van der Waals surface area contributed by atoms with Gasteiger partial charge in [-0.25, -0.2) is 0 Å². The van der Waals surface area contributed by atoms with Gasteiger partial charge in [-0.3, -0.25) is 9.59 Å². The predicted octanol–water partition coefficient (Wildman–Crippen LogP) is 1.52. The first kappa shape index (κ1) is 15.0. The van der Waals surface area contributed by atoms with Crippen LogP contribution in [0.4, 0.5) is 0 Å². The molecule has 0 bridgehead atoms. The summed E-state index contributed by atoms with van der Waals surface area (Å²) in [7, 11) is 0. The second-order valence-electron chi connectivity index (χ2n) is 4.87. The van der Waals surface area contributed by atoms with Crippen LogP contribution >= 0.6 is 0 Å². The average Bonchev–Trinajstić information content (AvgIpc) is 2.37. The first-order valence-corrected chi connectivity index (χ1v) is 6.64. The molecule has 0 aromatic rings. The van der Waals surface area contributed by atoms with E-state index in [2.05, 4.69) is 0 Å². The van der Waals surface area contributed by atoms with E-state index in [1.165, 1.54) is 4.90 Å². The van der Waals surface area contributed by atoms with Gasteiger partial charge < -0.3 is 14.7 Å². The first-order valence-electron chi connectivity index (χ1n) is 6.64. The number of carbonyl (C=O) groups excluding carboxylic acids is 1. The Balaban J connectivity index is 2.81. The number of carboxylic acid groups (broad SMARTS) is 1. The summed E-state index contributed by atoms with van der Waals surface area (Å²) in [4.78, 5) is 24.9. The summed E-state index contributed by atoms with van der Waals surface area (Å²) in [6.45, 7) is 5.43. The maximum atomic E-state index is 12.6. The third-order valence-electron chi connectivity index (χ3n) is 3.69. The zero-order valence-electron chi connectivity index (χ0n) is 11.3. The van der Waals surface area contributed by atoms with Gasteiger partial charge in [-0.15, -0.1) is 0 Å². The fourth-order valence-corrected chi connectivity index (χ4v) is 2.50. The van der Waals surface area contributed by atoms with Crippen molar-refractivity contribution in [3.8, 4) is 0 Å². The van der Waals surface area contributed by atoms with Crippen molar-refractivity contribution in [2.24, 2.45) is 5.41 Å². The summed E-state index contributed by atoms with van der Waals surface area (Å²) in [6, 6.07) is 0. The molecule has 1 saturated heterocycles. The number of carbonyl (C=O) groups is 2. The van der Waals surface area contributed by atoms with Crippen molar-refractivity contribution in [3.05, 3.63) is 0 Å². The van der Waals surface area contributed by atoms with Crippen LogP contribution in [0.2, 0.25) is 0 Å². The van der Waals surface area contributed by atoms with Crippen molar-refractivity contribution in [2.75, 3.05) is 26.3 Å². The predicted molar refractivity (Wildman–Crippen MR) is 67.3 cm³/mol. The summed E-state index contributed by atoms with van der Waals surface area (Å²) in [5.74, 6) is -0.965. The highest BCUT2D eigenvalue weighted by Gasteiger charge is 2.41. The number of hydrogen-bond donors (Lipinski definition) is 1. The lowest BCUT2D eigenvalue weighted by atomic mass is 9.76. The third-order valence-corrected chi connectivity index (χ3v) is 3.69. The molecular weight excluding hydrogens is 234 g/mol. The highest BCUT2D eigenvalue weighted by atomic mass is 16.5. The Morgan fingerprint density at radius 3 is 2.33 bits per heavy atom. The van der Waals surface area contributed by atoms with Crippen LogP contribution in [0.3, 0.4) is 0 Å². The van der Waals surface area contributed by atoms with Crippen molar-refractivity contribution in [1.82, 2.24) is 4.90 Å². The highest BCUT2D eigenvalue weighted by Crippen LogP contribution is 2.36. The molecule has 1 N–H and O–H groups in total. The quantitative estimate of drug-likeness (QED) is 0.783. The van der Waals surface area contributed by atoms with E-state index in [1.807, 2.05) is 13.8 Å². The number of aliphatic carboxylic acids is 1. The van der Waals surface area contributed by atoms with Gasteiger partial charge in [0.2, 0.25) is 5.91 Å². The molecule has 0 saturated carbocycles. The summed E-state index contributed by atoms with van der Waals surface area (Å²) < 4.78 is 5.31. The minimum Gasteiger partial charge on any atom is -0.480 e. The molecule has 0 unspecified atom stereocenters. The molecule has 5 heteroatoms. The standard InChI is InChI=1S/C13H23NO4/c1-3-7-14(10-11(15)16)12(17)13(4-2)5-8-18-9-6-13/h3-10H2,1-2H3,(H,15,16). The number of rotatable bonds is 6. The largest absolute Gasteiger partial charge is 0.480 e. The summed E-state index contributed by atoms with van der Waals surface area (Å²) in [5.41, 5.74) is -0.414. The lowest BCUT2D eigenvalue weighted by molar-refractivity contribution is -0.154. The molecule has 0 radical (unpaired) electrons. The molecule has 1 aliphatic heterocycles. The maximum absolute atomic E-state index is 12.6. The van der Waals surface area contributed by atoms with Crippen LogP contribution in [-0.2, 0) is 14.3 Å². The Kier molecular flexibility index (Phi) is 5.59. The Labute approximate surface area is 108 Å². The number of carboxylic acids is 1. The van der Waals surface area contributed by atoms with Crippen molar-refractivity contribution in [3.63, 3.8) is 0 Å². The second kappa shape index (κ2) is 6.73. The Morgan fingerprint density at radius 2 is 1.89 bits per heavy atom. The van der Waals surface area contributed by atoms with Crippen LogP contribution in [-0.4, -0.2) is 48.2 Å². The summed E-state index contributed by atoms with van der Waals surface area (Å²) in [6.07, 6.45) is 2.91. The van der Waals surface area contributed by atoms with Gasteiger partial charge in [0, 0.05) is 19.8 Å². The van der Waals surface area contributed by atoms with E-state index >= 15 is 0 Å². The summed E-state index contributed by atoms with van der Waals surface area (Å²) in [5, 5.41) is 8.90. The molecular formula is C13H23NO4. The van der Waals surface area contributed by atoms with E-state index < -0.39 is 11.4 Å². The van der Waals surface area contributed by atoms with Crippen LogP contribution in [0.1, 0.15) is 39.5 Å².